The fourth-order valence-electron chi connectivity index (χ4n) is 1.15. The topological polar surface area (TPSA) is 52.6 Å². The molecule has 0 saturated heterocycles. The number of hydrogen-bond donors (Lipinski definition) is 0. The number of esters is 2. The summed E-state index contributed by atoms with van der Waals surface area (Å²) < 4.78 is 9.66. The lowest BCUT2D eigenvalue weighted by Crippen LogP contribution is -2.16. The molecule has 0 aliphatic carbocycles. The maximum Gasteiger partial charge on any atom is 0.334 e. The van der Waals surface area contributed by atoms with Crippen LogP contribution in [-0.2, 0) is 19.1 Å². The maximum atomic E-state index is 11.6. The van der Waals surface area contributed by atoms with Gasteiger partial charge in [-0.15, -0.1) is 0 Å². The molecule has 92 valence electrons. The molecule has 4 heteroatoms. The molecule has 0 saturated carbocycles. The normalized spacial score (nSPS) is 13.1. The first-order valence-electron chi connectivity index (χ1n) is 5.62. The van der Waals surface area contributed by atoms with Crippen LogP contribution in [0.2, 0.25) is 0 Å². The van der Waals surface area contributed by atoms with Crippen LogP contribution in [0.5, 0.6) is 0 Å². The predicted molar refractivity (Wildman–Crippen MR) is 60.8 cm³/mol. The molecule has 0 radical (unpaired) electrons. The summed E-state index contributed by atoms with van der Waals surface area (Å²) in [6.45, 7) is 7.88. The average molecular weight is 228 g/mol. The summed E-state index contributed by atoms with van der Waals surface area (Å²) in [4.78, 5) is 22.9. The van der Waals surface area contributed by atoms with Crippen molar-refractivity contribution in [3.05, 3.63) is 11.6 Å². The van der Waals surface area contributed by atoms with E-state index in [-0.39, 0.29) is 5.92 Å². The highest BCUT2D eigenvalue weighted by molar-refractivity contribution is 5.96. The van der Waals surface area contributed by atoms with Gasteiger partial charge in [-0.05, 0) is 26.2 Å². The predicted octanol–water partition coefficient (Wildman–Crippen LogP) is 2.09. The Labute approximate surface area is 96.6 Å². The van der Waals surface area contributed by atoms with E-state index >= 15 is 0 Å². The van der Waals surface area contributed by atoms with Crippen LogP contribution in [0.15, 0.2) is 11.6 Å². The van der Waals surface area contributed by atoms with Crippen molar-refractivity contribution < 1.29 is 19.1 Å². The van der Waals surface area contributed by atoms with Gasteiger partial charge in [-0.1, -0.05) is 13.8 Å². The Hall–Kier alpha value is -1.32. The van der Waals surface area contributed by atoms with Crippen LogP contribution < -0.4 is 0 Å². The van der Waals surface area contributed by atoms with Gasteiger partial charge in [0.05, 0.1) is 13.2 Å². The molecule has 0 aliphatic rings. The second kappa shape index (κ2) is 7.91. The van der Waals surface area contributed by atoms with Gasteiger partial charge in [-0.25, -0.2) is 9.59 Å². The third-order valence-corrected chi connectivity index (χ3v) is 2.21. The van der Waals surface area contributed by atoms with Crippen molar-refractivity contribution in [2.75, 3.05) is 13.2 Å². The Morgan fingerprint density at radius 3 is 2.12 bits per heavy atom. The van der Waals surface area contributed by atoms with Crippen LogP contribution in [0.3, 0.4) is 0 Å². The van der Waals surface area contributed by atoms with E-state index in [0.29, 0.717) is 18.8 Å². The Morgan fingerprint density at radius 2 is 1.69 bits per heavy atom. The Morgan fingerprint density at radius 1 is 1.12 bits per heavy atom. The van der Waals surface area contributed by atoms with Crippen LogP contribution in [0.25, 0.3) is 0 Å². The van der Waals surface area contributed by atoms with Gasteiger partial charge in [0, 0.05) is 11.6 Å². The standard InChI is InChI=1S/C12H20O4/c1-5-9(4)10(12(14)16-7-3)8-11(13)15-6-2/h8-9H,5-7H2,1-4H3/b10-8+. The van der Waals surface area contributed by atoms with E-state index in [1.165, 1.54) is 6.08 Å². The molecule has 0 spiro atoms. The van der Waals surface area contributed by atoms with Crippen molar-refractivity contribution >= 4 is 11.9 Å². The first-order chi connectivity index (χ1) is 7.56. The van der Waals surface area contributed by atoms with Gasteiger partial charge in [0.2, 0.25) is 0 Å². The molecule has 1 unspecified atom stereocenters. The third kappa shape index (κ3) is 4.96. The van der Waals surface area contributed by atoms with Crippen LogP contribution in [-0.4, -0.2) is 25.2 Å². The minimum Gasteiger partial charge on any atom is -0.463 e. The van der Waals surface area contributed by atoms with Gasteiger partial charge in [0.25, 0.3) is 0 Å². The lowest BCUT2D eigenvalue weighted by molar-refractivity contribution is -0.141. The van der Waals surface area contributed by atoms with Crippen molar-refractivity contribution in [3.8, 4) is 0 Å². The van der Waals surface area contributed by atoms with Gasteiger partial charge < -0.3 is 9.47 Å². The maximum absolute atomic E-state index is 11.6. The molecule has 0 rings (SSSR count). The number of ether oxygens (including phenoxy) is 2. The van der Waals surface area contributed by atoms with Gasteiger partial charge in [-0.3, -0.25) is 0 Å². The van der Waals surface area contributed by atoms with E-state index in [0.717, 1.165) is 6.42 Å². The van der Waals surface area contributed by atoms with E-state index in [9.17, 15) is 9.59 Å². The molecule has 0 heterocycles. The molecule has 0 bridgehead atoms. The molecule has 0 fully saturated rings. The van der Waals surface area contributed by atoms with Gasteiger partial charge in [0.1, 0.15) is 0 Å². The van der Waals surface area contributed by atoms with Crippen molar-refractivity contribution in [1.29, 1.82) is 0 Å². The van der Waals surface area contributed by atoms with E-state index in [4.69, 9.17) is 9.47 Å². The highest BCUT2D eigenvalue weighted by Crippen LogP contribution is 2.16. The first kappa shape index (κ1) is 14.7. The summed E-state index contributed by atoms with van der Waals surface area (Å²) in [5.74, 6) is -0.945. The van der Waals surface area contributed by atoms with E-state index in [1.807, 2.05) is 13.8 Å². The fourth-order valence-corrected chi connectivity index (χ4v) is 1.15. The number of carbonyl (C=O) groups excluding carboxylic acids is 2. The van der Waals surface area contributed by atoms with Crippen LogP contribution in [0, 0.1) is 5.92 Å². The smallest absolute Gasteiger partial charge is 0.334 e. The molecule has 4 nitrogen and oxygen atoms in total. The van der Waals surface area contributed by atoms with Gasteiger partial charge >= 0.3 is 11.9 Å². The Kier molecular flexibility index (Phi) is 7.25. The van der Waals surface area contributed by atoms with Crippen LogP contribution >= 0.6 is 0 Å². The number of rotatable bonds is 6. The zero-order valence-electron chi connectivity index (χ0n) is 10.4. The second-order valence-electron chi connectivity index (χ2n) is 3.38. The van der Waals surface area contributed by atoms with E-state index in [2.05, 4.69) is 0 Å². The molecule has 0 amide bonds. The lowest BCUT2D eigenvalue weighted by atomic mass is 9.98. The summed E-state index contributed by atoms with van der Waals surface area (Å²) in [6, 6.07) is 0. The zero-order chi connectivity index (χ0) is 12.6. The minimum absolute atomic E-state index is 0.0107. The summed E-state index contributed by atoms with van der Waals surface area (Å²) in [5.41, 5.74) is 0.378. The molecule has 0 aliphatic heterocycles. The molecule has 0 aromatic heterocycles. The SMILES string of the molecule is CCOC(=O)/C=C(/C(=O)OCC)C(C)CC. The zero-order valence-corrected chi connectivity index (χ0v) is 10.4. The summed E-state index contributed by atoms with van der Waals surface area (Å²) in [7, 11) is 0. The highest BCUT2D eigenvalue weighted by Gasteiger charge is 2.18. The minimum atomic E-state index is -0.495. The van der Waals surface area contributed by atoms with Crippen molar-refractivity contribution in [3.63, 3.8) is 0 Å². The fraction of sp³-hybridized carbons (Fsp3) is 0.667. The molecule has 16 heavy (non-hydrogen) atoms. The van der Waals surface area contributed by atoms with Gasteiger partial charge in [-0.2, -0.15) is 0 Å². The summed E-state index contributed by atoms with van der Waals surface area (Å²) >= 11 is 0. The first-order valence-corrected chi connectivity index (χ1v) is 5.62. The molecule has 1 atom stereocenters. The molecule has 0 aromatic rings. The van der Waals surface area contributed by atoms with E-state index < -0.39 is 11.9 Å². The molecular weight excluding hydrogens is 208 g/mol. The third-order valence-electron chi connectivity index (χ3n) is 2.21. The largest absolute Gasteiger partial charge is 0.463 e. The average Bonchev–Trinajstić information content (AvgIpc) is 2.25. The summed E-state index contributed by atoms with van der Waals surface area (Å²) in [6.07, 6.45) is 2.00. The molecular formula is C12H20O4. The van der Waals surface area contributed by atoms with Crippen molar-refractivity contribution in [2.24, 2.45) is 5.92 Å². The summed E-state index contributed by atoms with van der Waals surface area (Å²) in [5, 5.41) is 0. The highest BCUT2D eigenvalue weighted by atomic mass is 16.5. The number of carbonyl (C=O) groups is 2. The van der Waals surface area contributed by atoms with E-state index in [1.54, 1.807) is 13.8 Å². The molecule has 0 aromatic carbocycles. The lowest BCUT2D eigenvalue weighted by Gasteiger charge is -2.12. The van der Waals surface area contributed by atoms with Crippen molar-refractivity contribution in [1.82, 2.24) is 0 Å². The monoisotopic (exact) mass is 228 g/mol. The quantitative estimate of drug-likeness (QED) is 0.516. The van der Waals surface area contributed by atoms with Gasteiger partial charge in [0.15, 0.2) is 0 Å². The van der Waals surface area contributed by atoms with Crippen molar-refractivity contribution in [2.45, 2.75) is 34.1 Å². The van der Waals surface area contributed by atoms with Crippen LogP contribution in [0.4, 0.5) is 0 Å². The van der Waals surface area contributed by atoms with Crippen LogP contribution in [0.1, 0.15) is 34.1 Å². The Bertz CT molecular complexity index is 268. The number of hydrogen-bond acceptors (Lipinski definition) is 4. The Balaban J connectivity index is 4.78. The second-order valence-corrected chi connectivity index (χ2v) is 3.38. The molecule has 0 N–H and O–H groups in total.